The number of carbonyl (C=O) groups excluding carboxylic acids is 2. The molecule has 0 fully saturated rings. The van der Waals surface area contributed by atoms with E-state index in [-0.39, 0.29) is 18.4 Å². The molecule has 0 spiro atoms. The van der Waals surface area contributed by atoms with Crippen LogP contribution in [-0.2, 0) is 9.59 Å². The molecular formula is C8H16N2O2. The van der Waals surface area contributed by atoms with Crippen LogP contribution in [-0.4, -0.2) is 24.8 Å². The summed E-state index contributed by atoms with van der Waals surface area (Å²) < 4.78 is 0. The number of hydrogen-bond acceptors (Lipinski definition) is 3. The predicted molar refractivity (Wildman–Crippen MR) is 46.5 cm³/mol. The molecule has 0 aromatic carbocycles. The average Bonchev–Trinajstić information content (AvgIpc) is 2.11. The highest BCUT2D eigenvalue weighted by atomic mass is 16.2. The van der Waals surface area contributed by atoms with Gasteiger partial charge in [0.05, 0.1) is 12.6 Å². The number of nitrogens with two attached hydrogens (primary N) is 1. The number of carbonyl (C=O) groups is 2. The molecule has 2 atom stereocenters. The molecule has 0 radical (unpaired) electrons. The Morgan fingerprint density at radius 3 is 2.67 bits per heavy atom. The molecule has 0 bridgehead atoms. The van der Waals surface area contributed by atoms with E-state index < -0.39 is 6.04 Å². The van der Waals surface area contributed by atoms with Crippen molar-refractivity contribution < 1.29 is 9.59 Å². The first-order valence-electron chi connectivity index (χ1n) is 4.10. The van der Waals surface area contributed by atoms with Crippen molar-refractivity contribution in [2.45, 2.75) is 26.3 Å². The summed E-state index contributed by atoms with van der Waals surface area (Å²) in [6.45, 7) is 3.92. The van der Waals surface area contributed by atoms with Crippen molar-refractivity contribution in [3.05, 3.63) is 0 Å². The van der Waals surface area contributed by atoms with Crippen LogP contribution in [0.25, 0.3) is 0 Å². The minimum Gasteiger partial charge on any atom is -0.348 e. The maximum absolute atomic E-state index is 11.1. The standard InChI is InChI=1S/C8H16N2O2/c1-3-6(2)7(9)8(12)10-4-5-11/h5-7H,3-4,9H2,1-2H3,(H,10,12)/t6-,7-/m1/s1. The van der Waals surface area contributed by atoms with E-state index in [4.69, 9.17) is 5.73 Å². The quantitative estimate of drug-likeness (QED) is 0.558. The Morgan fingerprint density at radius 1 is 1.67 bits per heavy atom. The SMILES string of the molecule is CC[C@@H](C)[C@@H](N)C(=O)NCC=O. The van der Waals surface area contributed by atoms with Gasteiger partial charge >= 0.3 is 0 Å². The van der Waals surface area contributed by atoms with Gasteiger partial charge in [0.2, 0.25) is 5.91 Å². The number of aldehydes is 1. The van der Waals surface area contributed by atoms with Gasteiger partial charge in [-0.1, -0.05) is 20.3 Å². The van der Waals surface area contributed by atoms with Crippen LogP contribution in [0.3, 0.4) is 0 Å². The van der Waals surface area contributed by atoms with Gasteiger partial charge in [0.15, 0.2) is 0 Å². The first-order valence-corrected chi connectivity index (χ1v) is 4.10. The second-order valence-electron chi connectivity index (χ2n) is 2.82. The van der Waals surface area contributed by atoms with Gasteiger partial charge in [0, 0.05) is 0 Å². The summed E-state index contributed by atoms with van der Waals surface area (Å²) >= 11 is 0. The summed E-state index contributed by atoms with van der Waals surface area (Å²) in [5, 5.41) is 2.42. The maximum atomic E-state index is 11.1. The summed E-state index contributed by atoms with van der Waals surface area (Å²) in [5.41, 5.74) is 5.58. The van der Waals surface area contributed by atoms with Crippen LogP contribution in [0.1, 0.15) is 20.3 Å². The predicted octanol–water partition coefficient (Wildman–Crippen LogP) is -0.325. The fourth-order valence-corrected chi connectivity index (χ4v) is 0.772. The molecule has 3 N–H and O–H groups in total. The molecular weight excluding hydrogens is 156 g/mol. The van der Waals surface area contributed by atoms with Crippen LogP contribution in [0, 0.1) is 5.92 Å². The Hall–Kier alpha value is -0.900. The minimum atomic E-state index is -0.505. The van der Waals surface area contributed by atoms with E-state index in [0.717, 1.165) is 6.42 Å². The lowest BCUT2D eigenvalue weighted by Gasteiger charge is -2.16. The van der Waals surface area contributed by atoms with Crippen molar-refractivity contribution in [3.8, 4) is 0 Å². The van der Waals surface area contributed by atoms with Gasteiger partial charge in [-0.05, 0) is 5.92 Å². The normalized spacial score (nSPS) is 14.9. The fourth-order valence-electron chi connectivity index (χ4n) is 0.772. The molecule has 0 aliphatic rings. The zero-order valence-electron chi connectivity index (χ0n) is 7.54. The fraction of sp³-hybridized carbons (Fsp3) is 0.750. The molecule has 0 rings (SSSR count). The summed E-state index contributed by atoms with van der Waals surface area (Å²) in [6.07, 6.45) is 1.50. The topological polar surface area (TPSA) is 72.2 Å². The van der Waals surface area contributed by atoms with Crippen LogP contribution in [0.15, 0.2) is 0 Å². The first-order chi connectivity index (χ1) is 5.63. The van der Waals surface area contributed by atoms with Crippen LogP contribution in [0.2, 0.25) is 0 Å². The van der Waals surface area contributed by atoms with Crippen LogP contribution in [0.4, 0.5) is 0 Å². The Kier molecular flexibility index (Phi) is 5.28. The van der Waals surface area contributed by atoms with Crippen molar-refractivity contribution >= 4 is 12.2 Å². The molecule has 0 aromatic rings. The zero-order valence-corrected chi connectivity index (χ0v) is 7.54. The van der Waals surface area contributed by atoms with E-state index in [1.165, 1.54) is 0 Å². The average molecular weight is 172 g/mol. The number of rotatable bonds is 5. The highest BCUT2D eigenvalue weighted by Gasteiger charge is 2.18. The van der Waals surface area contributed by atoms with Crippen LogP contribution in [0.5, 0.6) is 0 Å². The summed E-state index contributed by atoms with van der Waals surface area (Å²) in [4.78, 5) is 21.0. The molecule has 70 valence electrons. The molecule has 0 saturated heterocycles. The van der Waals surface area contributed by atoms with E-state index in [2.05, 4.69) is 5.32 Å². The van der Waals surface area contributed by atoms with Gasteiger partial charge in [-0.3, -0.25) is 4.79 Å². The van der Waals surface area contributed by atoms with Crippen molar-refractivity contribution in [1.29, 1.82) is 0 Å². The lowest BCUT2D eigenvalue weighted by molar-refractivity contribution is -0.124. The van der Waals surface area contributed by atoms with Gasteiger partial charge in [0.25, 0.3) is 0 Å². The first kappa shape index (κ1) is 11.1. The zero-order chi connectivity index (χ0) is 9.56. The molecule has 0 unspecified atom stereocenters. The molecule has 12 heavy (non-hydrogen) atoms. The molecule has 4 nitrogen and oxygen atoms in total. The third kappa shape index (κ3) is 3.48. The third-order valence-electron chi connectivity index (χ3n) is 1.92. The maximum Gasteiger partial charge on any atom is 0.237 e. The third-order valence-corrected chi connectivity index (χ3v) is 1.92. The second-order valence-corrected chi connectivity index (χ2v) is 2.82. The number of nitrogens with one attached hydrogen (secondary N) is 1. The molecule has 0 aliphatic carbocycles. The van der Waals surface area contributed by atoms with E-state index in [1.807, 2.05) is 13.8 Å². The molecule has 0 aromatic heterocycles. The van der Waals surface area contributed by atoms with E-state index in [9.17, 15) is 9.59 Å². The number of hydrogen-bond donors (Lipinski definition) is 2. The van der Waals surface area contributed by atoms with Crippen molar-refractivity contribution in [3.63, 3.8) is 0 Å². The van der Waals surface area contributed by atoms with Crippen molar-refractivity contribution in [1.82, 2.24) is 5.32 Å². The summed E-state index contributed by atoms with van der Waals surface area (Å²) in [7, 11) is 0. The molecule has 0 saturated carbocycles. The molecule has 1 amide bonds. The monoisotopic (exact) mass is 172 g/mol. The summed E-state index contributed by atoms with van der Waals surface area (Å²) in [6, 6.07) is -0.505. The highest BCUT2D eigenvalue weighted by molar-refractivity contribution is 5.83. The van der Waals surface area contributed by atoms with Crippen molar-refractivity contribution in [2.75, 3.05) is 6.54 Å². The molecule has 4 heteroatoms. The Bertz CT molecular complexity index is 159. The lowest BCUT2D eigenvalue weighted by atomic mass is 9.99. The van der Waals surface area contributed by atoms with Crippen LogP contribution >= 0.6 is 0 Å². The molecule has 0 heterocycles. The molecule has 0 aliphatic heterocycles. The van der Waals surface area contributed by atoms with Gasteiger partial charge in [0.1, 0.15) is 6.29 Å². The Balaban J connectivity index is 3.83. The van der Waals surface area contributed by atoms with E-state index >= 15 is 0 Å². The van der Waals surface area contributed by atoms with Crippen LogP contribution < -0.4 is 11.1 Å². The number of amides is 1. The van der Waals surface area contributed by atoms with E-state index in [0.29, 0.717) is 6.29 Å². The smallest absolute Gasteiger partial charge is 0.237 e. The second kappa shape index (κ2) is 5.71. The van der Waals surface area contributed by atoms with Crippen molar-refractivity contribution in [2.24, 2.45) is 11.7 Å². The van der Waals surface area contributed by atoms with Gasteiger partial charge in [-0.15, -0.1) is 0 Å². The lowest BCUT2D eigenvalue weighted by Crippen LogP contribution is -2.45. The summed E-state index contributed by atoms with van der Waals surface area (Å²) in [5.74, 6) is -0.104. The Labute approximate surface area is 72.5 Å². The van der Waals surface area contributed by atoms with Gasteiger partial charge in [-0.25, -0.2) is 0 Å². The van der Waals surface area contributed by atoms with Gasteiger partial charge < -0.3 is 15.8 Å². The Morgan fingerprint density at radius 2 is 2.25 bits per heavy atom. The highest BCUT2D eigenvalue weighted by Crippen LogP contribution is 2.04. The van der Waals surface area contributed by atoms with Gasteiger partial charge in [-0.2, -0.15) is 0 Å². The minimum absolute atomic E-state index is 0.0446. The van der Waals surface area contributed by atoms with E-state index in [1.54, 1.807) is 0 Å². The largest absolute Gasteiger partial charge is 0.348 e.